The van der Waals surface area contributed by atoms with E-state index in [1.165, 1.54) is 6.92 Å². The van der Waals surface area contributed by atoms with E-state index < -0.39 is 0 Å². The molecule has 0 fully saturated rings. The van der Waals surface area contributed by atoms with Gasteiger partial charge in [-0.05, 0) is 38.1 Å². The molecule has 0 atom stereocenters. The van der Waals surface area contributed by atoms with Crippen LogP contribution in [0.4, 0.5) is 5.69 Å². The average molecular weight is 241 g/mol. The summed E-state index contributed by atoms with van der Waals surface area (Å²) in [6.07, 6.45) is 1.92. The van der Waals surface area contributed by atoms with Crippen molar-refractivity contribution in [3.63, 3.8) is 0 Å². The first kappa shape index (κ1) is 13.0. The Bertz CT molecular complexity index is 366. The monoisotopic (exact) mass is 240 g/mol. The second kappa shape index (κ2) is 6.51. The first-order chi connectivity index (χ1) is 7.65. The molecule has 0 radical (unpaired) electrons. The Morgan fingerprint density at radius 3 is 2.81 bits per heavy atom. The molecule has 1 aromatic carbocycles. The van der Waals surface area contributed by atoms with Gasteiger partial charge in [0.2, 0.25) is 5.91 Å². The lowest BCUT2D eigenvalue weighted by atomic mass is 10.1. The van der Waals surface area contributed by atoms with E-state index >= 15 is 0 Å². The number of hydrogen-bond acceptors (Lipinski definition) is 2. The minimum absolute atomic E-state index is 0.0945. The summed E-state index contributed by atoms with van der Waals surface area (Å²) in [5.41, 5.74) is 1.82. The summed E-state index contributed by atoms with van der Waals surface area (Å²) in [7, 11) is 1.92. The van der Waals surface area contributed by atoms with E-state index in [-0.39, 0.29) is 5.91 Å². The average Bonchev–Trinajstić information content (AvgIpc) is 2.23. The highest BCUT2D eigenvalue weighted by Gasteiger charge is 2.07. The lowest BCUT2D eigenvalue weighted by Gasteiger charge is -2.11. The maximum absolute atomic E-state index is 11.1. The van der Waals surface area contributed by atoms with E-state index in [4.69, 9.17) is 11.6 Å². The Labute approximate surface area is 101 Å². The van der Waals surface area contributed by atoms with E-state index in [9.17, 15) is 4.79 Å². The van der Waals surface area contributed by atoms with Gasteiger partial charge in [-0.1, -0.05) is 23.7 Å². The van der Waals surface area contributed by atoms with Gasteiger partial charge in [-0.15, -0.1) is 0 Å². The minimum atomic E-state index is -0.0945. The number of aryl methyl sites for hydroxylation is 1. The minimum Gasteiger partial charge on any atom is -0.325 e. The topological polar surface area (TPSA) is 41.1 Å². The number of benzene rings is 1. The van der Waals surface area contributed by atoms with E-state index in [0.717, 1.165) is 30.6 Å². The van der Waals surface area contributed by atoms with Crippen molar-refractivity contribution in [2.75, 3.05) is 18.9 Å². The molecule has 0 aliphatic rings. The molecular formula is C12H17ClN2O. The van der Waals surface area contributed by atoms with Gasteiger partial charge in [0.25, 0.3) is 0 Å². The van der Waals surface area contributed by atoms with Gasteiger partial charge in [0.1, 0.15) is 0 Å². The summed E-state index contributed by atoms with van der Waals surface area (Å²) in [5.74, 6) is -0.0945. The zero-order valence-corrected chi connectivity index (χ0v) is 10.4. The highest BCUT2D eigenvalue weighted by molar-refractivity contribution is 6.33. The molecule has 4 heteroatoms. The Balaban J connectivity index is 2.80. The summed E-state index contributed by atoms with van der Waals surface area (Å²) in [5, 5.41) is 6.46. The third-order valence-electron chi connectivity index (χ3n) is 2.27. The molecule has 1 amide bonds. The van der Waals surface area contributed by atoms with Crippen molar-refractivity contribution in [3.8, 4) is 0 Å². The van der Waals surface area contributed by atoms with Crippen LogP contribution < -0.4 is 10.6 Å². The van der Waals surface area contributed by atoms with Crippen LogP contribution in [0.15, 0.2) is 18.2 Å². The number of nitrogens with one attached hydrogen (secondary N) is 2. The molecule has 1 rings (SSSR count). The number of halogens is 1. The van der Waals surface area contributed by atoms with Crippen molar-refractivity contribution in [2.45, 2.75) is 19.8 Å². The van der Waals surface area contributed by atoms with Crippen LogP contribution >= 0.6 is 11.6 Å². The van der Waals surface area contributed by atoms with Gasteiger partial charge in [-0.25, -0.2) is 0 Å². The maximum Gasteiger partial charge on any atom is 0.221 e. The number of carbonyl (C=O) groups is 1. The van der Waals surface area contributed by atoms with Crippen LogP contribution in [0.5, 0.6) is 0 Å². The van der Waals surface area contributed by atoms with Crippen molar-refractivity contribution in [1.29, 1.82) is 0 Å². The quantitative estimate of drug-likeness (QED) is 0.777. The first-order valence-corrected chi connectivity index (χ1v) is 5.72. The van der Waals surface area contributed by atoms with Crippen LogP contribution in [0, 0.1) is 0 Å². The van der Waals surface area contributed by atoms with Crippen LogP contribution in [0.3, 0.4) is 0 Å². The number of para-hydroxylation sites is 1. The molecule has 0 spiro atoms. The molecule has 0 aliphatic carbocycles. The van der Waals surface area contributed by atoms with E-state index in [2.05, 4.69) is 10.6 Å². The summed E-state index contributed by atoms with van der Waals surface area (Å²) in [6, 6.07) is 5.68. The number of anilines is 1. The number of rotatable bonds is 5. The van der Waals surface area contributed by atoms with Crippen molar-refractivity contribution in [2.24, 2.45) is 0 Å². The third kappa shape index (κ3) is 3.83. The SMILES string of the molecule is CNCCCc1cccc(Cl)c1NC(C)=O. The normalized spacial score (nSPS) is 10.2. The maximum atomic E-state index is 11.1. The molecule has 2 N–H and O–H groups in total. The molecule has 1 aromatic rings. The predicted octanol–water partition coefficient (Wildman–Crippen LogP) is 2.45. The third-order valence-corrected chi connectivity index (χ3v) is 2.59. The standard InChI is InChI=1S/C12H17ClN2O/c1-9(16)15-12-10(6-4-8-14-2)5-3-7-11(12)13/h3,5,7,14H,4,6,8H2,1-2H3,(H,15,16). The fourth-order valence-corrected chi connectivity index (χ4v) is 1.79. The second-order valence-corrected chi connectivity index (χ2v) is 4.07. The highest BCUT2D eigenvalue weighted by Crippen LogP contribution is 2.26. The molecule has 88 valence electrons. The van der Waals surface area contributed by atoms with Crippen molar-refractivity contribution < 1.29 is 4.79 Å². The van der Waals surface area contributed by atoms with Crippen LogP contribution in [-0.4, -0.2) is 19.5 Å². The summed E-state index contributed by atoms with van der Waals surface area (Å²) in [6.45, 7) is 2.44. The molecule has 16 heavy (non-hydrogen) atoms. The number of hydrogen-bond donors (Lipinski definition) is 2. The Morgan fingerprint density at radius 1 is 1.44 bits per heavy atom. The van der Waals surface area contributed by atoms with E-state index in [1.807, 2.05) is 19.2 Å². The predicted molar refractivity (Wildman–Crippen MR) is 68.0 cm³/mol. The van der Waals surface area contributed by atoms with Gasteiger partial charge in [0, 0.05) is 6.92 Å². The Kier molecular flexibility index (Phi) is 5.29. The van der Waals surface area contributed by atoms with Crippen molar-refractivity contribution in [3.05, 3.63) is 28.8 Å². The molecular weight excluding hydrogens is 224 g/mol. The van der Waals surface area contributed by atoms with Gasteiger partial charge in [-0.2, -0.15) is 0 Å². The van der Waals surface area contributed by atoms with E-state index in [0.29, 0.717) is 5.02 Å². The van der Waals surface area contributed by atoms with Crippen molar-refractivity contribution in [1.82, 2.24) is 5.32 Å². The molecule has 0 bridgehead atoms. The molecule has 0 saturated heterocycles. The smallest absolute Gasteiger partial charge is 0.221 e. The summed E-state index contributed by atoms with van der Waals surface area (Å²) >= 11 is 6.06. The molecule has 0 aliphatic heterocycles. The van der Waals surface area contributed by atoms with Gasteiger partial charge in [0.15, 0.2) is 0 Å². The highest BCUT2D eigenvalue weighted by atomic mass is 35.5. The lowest BCUT2D eigenvalue weighted by molar-refractivity contribution is -0.114. The van der Waals surface area contributed by atoms with Crippen molar-refractivity contribution >= 4 is 23.2 Å². The number of amides is 1. The van der Waals surface area contributed by atoms with Crippen LogP contribution in [0.25, 0.3) is 0 Å². The molecule has 3 nitrogen and oxygen atoms in total. The summed E-state index contributed by atoms with van der Waals surface area (Å²) < 4.78 is 0. The molecule has 0 heterocycles. The Hall–Kier alpha value is -1.06. The fourth-order valence-electron chi connectivity index (χ4n) is 1.55. The van der Waals surface area contributed by atoms with Gasteiger partial charge in [0.05, 0.1) is 10.7 Å². The largest absolute Gasteiger partial charge is 0.325 e. The number of carbonyl (C=O) groups excluding carboxylic acids is 1. The van der Waals surface area contributed by atoms with Gasteiger partial charge < -0.3 is 10.6 Å². The Morgan fingerprint density at radius 2 is 2.19 bits per heavy atom. The lowest BCUT2D eigenvalue weighted by Crippen LogP contribution is -2.11. The zero-order valence-electron chi connectivity index (χ0n) is 9.64. The summed E-state index contributed by atoms with van der Waals surface area (Å²) in [4.78, 5) is 11.1. The van der Waals surface area contributed by atoms with Crippen LogP contribution in [-0.2, 0) is 11.2 Å². The van der Waals surface area contributed by atoms with Crippen LogP contribution in [0.2, 0.25) is 5.02 Å². The van der Waals surface area contributed by atoms with E-state index in [1.54, 1.807) is 6.07 Å². The fraction of sp³-hybridized carbons (Fsp3) is 0.417. The van der Waals surface area contributed by atoms with Gasteiger partial charge >= 0.3 is 0 Å². The molecule has 0 saturated carbocycles. The first-order valence-electron chi connectivity index (χ1n) is 5.34. The molecule has 0 aromatic heterocycles. The zero-order chi connectivity index (χ0) is 12.0. The molecule has 0 unspecified atom stereocenters. The second-order valence-electron chi connectivity index (χ2n) is 3.66. The van der Waals surface area contributed by atoms with Gasteiger partial charge in [-0.3, -0.25) is 4.79 Å². The van der Waals surface area contributed by atoms with Crippen LogP contribution in [0.1, 0.15) is 18.9 Å².